The SMILES string of the molecule is O=C(Nc1cccc(CCCCl)c1)c1ccc(=O)[nH]c1. The number of aromatic amines is 1. The molecule has 0 unspecified atom stereocenters. The molecule has 0 aliphatic carbocycles. The van der Waals surface area contributed by atoms with E-state index in [1.807, 2.05) is 24.3 Å². The summed E-state index contributed by atoms with van der Waals surface area (Å²) in [5.74, 6) is 0.365. The zero-order chi connectivity index (χ0) is 14.4. The lowest BCUT2D eigenvalue weighted by Gasteiger charge is -2.07. The van der Waals surface area contributed by atoms with Gasteiger partial charge < -0.3 is 10.3 Å². The highest BCUT2D eigenvalue weighted by Crippen LogP contribution is 2.13. The molecule has 1 aromatic carbocycles. The van der Waals surface area contributed by atoms with E-state index in [1.54, 1.807) is 0 Å². The number of carbonyl (C=O) groups excluding carboxylic acids is 1. The molecule has 4 nitrogen and oxygen atoms in total. The van der Waals surface area contributed by atoms with Crippen LogP contribution in [0.4, 0.5) is 5.69 Å². The van der Waals surface area contributed by atoms with E-state index in [4.69, 9.17) is 11.6 Å². The predicted molar refractivity (Wildman–Crippen MR) is 80.5 cm³/mol. The summed E-state index contributed by atoms with van der Waals surface area (Å²) >= 11 is 5.67. The number of nitrogens with one attached hydrogen (secondary N) is 2. The number of alkyl halides is 1. The van der Waals surface area contributed by atoms with E-state index in [-0.39, 0.29) is 11.5 Å². The molecular weight excluding hydrogens is 276 g/mol. The maximum atomic E-state index is 12.0. The average molecular weight is 291 g/mol. The molecule has 2 rings (SSSR count). The van der Waals surface area contributed by atoms with Gasteiger partial charge in [0.2, 0.25) is 5.56 Å². The molecule has 20 heavy (non-hydrogen) atoms. The Morgan fingerprint density at radius 3 is 2.80 bits per heavy atom. The topological polar surface area (TPSA) is 62.0 Å². The van der Waals surface area contributed by atoms with Gasteiger partial charge in [-0.05, 0) is 36.6 Å². The van der Waals surface area contributed by atoms with Crippen LogP contribution in [0.5, 0.6) is 0 Å². The zero-order valence-electron chi connectivity index (χ0n) is 10.9. The zero-order valence-corrected chi connectivity index (χ0v) is 11.6. The number of aromatic nitrogens is 1. The third-order valence-corrected chi connectivity index (χ3v) is 3.10. The van der Waals surface area contributed by atoms with Crippen LogP contribution >= 0.6 is 11.6 Å². The Morgan fingerprint density at radius 1 is 1.25 bits per heavy atom. The lowest BCUT2D eigenvalue weighted by atomic mass is 10.1. The first-order valence-electron chi connectivity index (χ1n) is 6.34. The van der Waals surface area contributed by atoms with E-state index in [0.29, 0.717) is 11.4 Å². The lowest BCUT2D eigenvalue weighted by Crippen LogP contribution is -2.14. The Balaban J connectivity index is 2.07. The molecule has 0 spiro atoms. The van der Waals surface area contributed by atoms with Gasteiger partial charge in [-0.1, -0.05) is 12.1 Å². The van der Waals surface area contributed by atoms with Crippen molar-refractivity contribution in [3.63, 3.8) is 0 Å². The molecule has 0 bridgehead atoms. The molecule has 1 heterocycles. The molecule has 5 heteroatoms. The first-order valence-corrected chi connectivity index (χ1v) is 6.87. The van der Waals surface area contributed by atoms with Gasteiger partial charge in [0.1, 0.15) is 0 Å². The van der Waals surface area contributed by atoms with Gasteiger partial charge in [0.05, 0.1) is 5.56 Å². The summed E-state index contributed by atoms with van der Waals surface area (Å²) in [6.07, 6.45) is 3.18. The van der Waals surface area contributed by atoms with Crippen molar-refractivity contribution in [2.45, 2.75) is 12.8 Å². The molecule has 2 N–H and O–H groups in total. The molecule has 0 radical (unpaired) electrons. The normalized spacial score (nSPS) is 10.2. The Morgan fingerprint density at radius 2 is 2.10 bits per heavy atom. The highest BCUT2D eigenvalue weighted by Gasteiger charge is 2.06. The Labute approximate surface area is 121 Å². The molecule has 2 aromatic rings. The minimum absolute atomic E-state index is 0.232. The Kier molecular flexibility index (Phi) is 4.96. The average Bonchev–Trinajstić information content (AvgIpc) is 2.46. The van der Waals surface area contributed by atoms with Crippen molar-refractivity contribution >= 4 is 23.2 Å². The predicted octanol–water partition coefficient (Wildman–Crippen LogP) is 2.80. The molecule has 0 fully saturated rings. The van der Waals surface area contributed by atoms with Gasteiger partial charge in [0.15, 0.2) is 0 Å². The third kappa shape index (κ3) is 3.96. The highest BCUT2D eigenvalue weighted by atomic mass is 35.5. The number of hydrogen-bond acceptors (Lipinski definition) is 2. The van der Waals surface area contributed by atoms with Gasteiger partial charge in [-0.25, -0.2) is 0 Å². The van der Waals surface area contributed by atoms with Crippen LogP contribution in [0, 0.1) is 0 Å². The maximum absolute atomic E-state index is 12.0. The first-order chi connectivity index (χ1) is 9.69. The van der Waals surface area contributed by atoms with E-state index in [9.17, 15) is 9.59 Å². The number of aryl methyl sites for hydroxylation is 1. The van der Waals surface area contributed by atoms with Crippen LogP contribution in [-0.4, -0.2) is 16.8 Å². The number of anilines is 1. The van der Waals surface area contributed by atoms with E-state index < -0.39 is 0 Å². The molecule has 0 atom stereocenters. The minimum Gasteiger partial charge on any atom is -0.328 e. The summed E-state index contributed by atoms with van der Waals surface area (Å²) in [6, 6.07) is 10.5. The molecule has 0 saturated carbocycles. The van der Waals surface area contributed by atoms with Crippen LogP contribution in [0.1, 0.15) is 22.3 Å². The fraction of sp³-hybridized carbons (Fsp3) is 0.200. The monoisotopic (exact) mass is 290 g/mol. The number of carbonyl (C=O) groups is 1. The number of benzene rings is 1. The van der Waals surface area contributed by atoms with Crippen LogP contribution in [0.25, 0.3) is 0 Å². The van der Waals surface area contributed by atoms with Crippen LogP contribution in [0.2, 0.25) is 0 Å². The second-order valence-electron chi connectivity index (χ2n) is 4.39. The molecule has 104 valence electrons. The Bertz CT molecular complexity index is 632. The van der Waals surface area contributed by atoms with E-state index in [2.05, 4.69) is 10.3 Å². The van der Waals surface area contributed by atoms with Crippen molar-refractivity contribution in [3.05, 3.63) is 64.1 Å². The highest BCUT2D eigenvalue weighted by molar-refractivity contribution is 6.17. The van der Waals surface area contributed by atoms with Crippen molar-refractivity contribution in [1.82, 2.24) is 4.98 Å². The summed E-state index contributed by atoms with van der Waals surface area (Å²) in [4.78, 5) is 25.4. The largest absolute Gasteiger partial charge is 0.328 e. The van der Waals surface area contributed by atoms with Gasteiger partial charge in [0.25, 0.3) is 5.91 Å². The third-order valence-electron chi connectivity index (χ3n) is 2.83. The van der Waals surface area contributed by atoms with Gasteiger partial charge in [-0.2, -0.15) is 0 Å². The first kappa shape index (κ1) is 14.3. The summed E-state index contributed by atoms with van der Waals surface area (Å²) in [5, 5.41) is 2.80. The molecule has 1 amide bonds. The van der Waals surface area contributed by atoms with Crippen LogP contribution in [-0.2, 0) is 6.42 Å². The van der Waals surface area contributed by atoms with Crippen molar-refractivity contribution in [1.29, 1.82) is 0 Å². The van der Waals surface area contributed by atoms with Crippen LogP contribution in [0.15, 0.2) is 47.4 Å². The number of amides is 1. The summed E-state index contributed by atoms with van der Waals surface area (Å²) < 4.78 is 0. The fourth-order valence-electron chi connectivity index (χ4n) is 1.83. The molecular formula is C15H15ClN2O2. The molecule has 0 aliphatic rings. The van der Waals surface area contributed by atoms with E-state index in [1.165, 1.54) is 18.3 Å². The van der Waals surface area contributed by atoms with E-state index in [0.717, 1.165) is 24.1 Å². The van der Waals surface area contributed by atoms with Crippen molar-refractivity contribution in [2.75, 3.05) is 11.2 Å². The van der Waals surface area contributed by atoms with Gasteiger partial charge in [-0.3, -0.25) is 9.59 Å². The number of H-pyrrole nitrogens is 1. The number of hydrogen-bond donors (Lipinski definition) is 2. The smallest absolute Gasteiger partial charge is 0.257 e. The second-order valence-corrected chi connectivity index (χ2v) is 4.77. The number of halogens is 1. The maximum Gasteiger partial charge on any atom is 0.257 e. The Hall–Kier alpha value is -2.07. The number of pyridine rings is 1. The quantitative estimate of drug-likeness (QED) is 0.832. The summed E-state index contributed by atoms with van der Waals surface area (Å²) in [5.41, 5.74) is 2.04. The van der Waals surface area contributed by atoms with Crippen molar-refractivity contribution in [2.24, 2.45) is 0 Å². The molecule has 0 aliphatic heterocycles. The van der Waals surface area contributed by atoms with Crippen molar-refractivity contribution in [3.8, 4) is 0 Å². The van der Waals surface area contributed by atoms with Crippen molar-refractivity contribution < 1.29 is 4.79 Å². The fourth-order valence-corrected chi connectivity index (χ4v) is 1.96. The van der Waals surface area contributed by atoms with E-state index >= 15 is 0 Å². The standard InChI is InChI=1S/C15H15ClN2O2/c16-8-2-4-11-3-1-5-13(9-11)18-15(20)12-6-7-14(19)17-10-12/h1,3,5-7,9-10H,2,4,8H2,(H,17,19)(H,18,20). The number of rotatable bonds is 5. The van der Waals surface area contributed by atoms with Gasteiger partial charge in [0, 0.05) is 23.8 Å². The molecule has 1 aromatic heterocycles. The summed E-state index contributed by atoms with van der Waals surface area (Å²) in [7, 11) is 0. The molecule has 0 saturated heterocycles. The van der Waals surface area contributed by atoms with Crippen LogP contribution < -0.4 is 10.9 Å². The lowest BCUT2D eigenvalue weighted by molar-refractivity contribution is 0.102. The van der Waals surface area contributed by atoms with Gasteiger partial charge in [-0.15, -0.1) is 11.6 Å². The second kappa shape index (κ2) is 6.91. The minimum atomic E-state index is -0.254. The van der Waals surface area contributed by atoms with Crippen LogP contribution in [0.3, 0.4) is 0 Å². The van der Waals surface area contributed by atoms with Gasteiger partial charge >= 0.3 is 0 Å². The summed E-state index contributed by atoms with van der Waals surface area (Å²) in [6.45, 7) is 0.